The fourth-order valence-corrected chi connectivity index (χ4v) is 1.56. The molecule has 14 heavy (non-hydrogen) atoms. The van der Waals surface area contributed by atoms with Crippen molar-refractivity contribution in [2.45, 2.75) is 19.5 Å². The minimum absolute atomic E-state index is 0.642. The standard InChI is InChI=1S/C11H15ClFN/c1-8(13)10-4-3-9(5-6-14-2)11(12)7-10/h3-4,7-8,14H,5-6H2,1-2H3. The van der Waals surface area contributed by atoms with E-state index in [1.54, 1.807) is 12.1 Å². The van der Waals surface area contributed by atoms with E-state index in [0.717, 1.165) is 18.5 Å². The Morgan fingerprint density at radius 1 is 1.50 bits per heavy atom. The number of halogens is 2. The van der Waals surface area contributed by atoms with Crippen molar-refractivity contribution in [1.29, 1.82) is 0 Å². The van der Waals surface area contributed by atoms with Crippen LogP contribution >= 0.6 is 11.6 Å². The van der Waals surface area contributed by atoms with Gasteiger partial charge in [-0.1, -0.05) is 23.7 Å². The molecule has 0 bridgehead atoms. The molecule has 0 radical (unpaired) electrons. The van der Waals surface area contributed by atoms with Gasteiger partial charge in [-0.25, -0.2) is 4.39 Å². The maximum atomic E-state index is 12.9. The summed E-state index contributed by atoms with van der Waals surface area (Å²) >= 11 is 6.01. The molecule has 3 heteroatoms. The van der Waals surface area contributed by atoms with Gasteiger partial charge in [0.05, 0.1) is 0 Å². The molecule has 1 rings (SSSR count). The highest BCUT2D eigenvalue weighted by atomic mass is 35.5. The fourth-order valence-electron chi connectivity index (χ4n) is 1.27. The molecule has 0 amide bonds. The summed E-state index contributed by atoms with van der Waals surface area (Å²) in [6.07, 6.45) is -0.0816. The summed E-state index contributed by atoms with van der Waals surface area (Å²) in [5, 5.41) is 3.70. The zero-order valence-electron chi connectivity index (χ0n) is 8.48. The quantitative estimate of drug-likeness (QED) is 0.814. The highest BCUT2D eigenvalue weighted by molar-refractivity contribution is 6.31. The number of alkyl halides is 1. The summed E-state index contributed by atoms with van der Waals surface area (Å²) in [5.74, 6) is 0. The van der Waals surface area contributed by atoms with Crippen LogP contribution in [0.1, 0.15) is 24.2 Å². The summed E-state index contributed by atoms with van der Waals surface area (Å²) in [7, 11) is 1.89. The summed E-state index contributed by atoms with van der Waals surface area (Å²) in [5.41, 5.74) is 1.70. The van der Waals surface area contributed by atoms with Crippen LogP contribution in [0.25, 0.3) is 0 Å². The minimum Gasteiger partial charge on any atom is -0.319 e. The molecule has 78 valence electrons. The van der Waals surface area contributed by atoms with E-state index in [1.807, 2.05) is 13.1 Å². The molecule has 1 N–H and O–H groups in total. The molecule has 0 fully saturated rings. The normalized spacial score (nSPS) is 12.9. The second-order valence-electron chi connectivity index (χ2n) is 3.32. The molecule has 1 aromatic carbocycles. The van der Waals surface area contributed by atoms with Crippen molar-refractivity contribution in [3.63, 3.8) is 0 Å². The maximum absolute atomic E-state index is 12.9. The van der Waals surface area contributed by atoms with Gasteiger partial charge in [0, 0.05) is 5.02 Å². The summed E-state index contributed by atoms with van der Waals surface area (Å²) in [6.45, 7) is 2.39. The van der Waals surface area contributed by atoms with Crippen molar-refractivity contribution in [2.24, 2.45) is 0 Å². The third-order valence-electron chi connectivity index (χ3n) is 2.18. The Morgan fingerprint density at radius 2 is 2.21 bits per heavy atom. The van der Waals surface area contributed by atoms with Gasteiger partial charge < -0.3 is 5.32 Å². The van der Waals surface area contributed by atoms with Crippen molar-refractivity contribution in [2.75, 3.05) is 13.6 Å². The molecule has 0 aliphatic rings. The lowest BCUT2D eigenvalue weighted by molar-refractivity contribution is 0.374. The first-order valence-corrected chi connectivity index (χ1v) is 5.10. The first kappa shape index (κ1) is 11.5. The predicted octanol–water partition coefficient (Wildman–Crippen LogP) is 3.13. The van der Waals surface area contributed by atoms with Crippen molar-refractivity contribution >= 4 is 11.6 Å². The second kappa shape index (κ2) is 5.32. The maximum Gasteiger partial charge on any atom is 0.122 e. The molecule has 1 nitrogen and oxygen atoms in total. The van der Waals surface area contributed by atoms with Crippen molar-refractivity contribution in [3.8, 4) is 0 Å². The number of hydrogen-bond acceptors (Lipinski definition) is 1. The smallest absolute Gasteiger partial charge is 0.122 e. The molecular formula is C11H15ClFN. The van der Waals surface area contributed by atoms with Gasteiger partial charge >= 0.3 is 0 Å². The predicted molar refractivity (Wildman–Crippen MR) is 58.6 cm³/mol. The monoisotopic (exact) mass is 215 g/mol. The van der Waals surface area contributed by atoms with Crippen LogP contribution in [0, 0.1) is 0 Å². The molecule has 1 atom stereocenters. The molecule has 0 spiro atoms. The molecule has 0 aliphatic heterocycles. The number of nitrogens with one attached hydrogen (secondary N) is 1. The van der Waals surface area contributed by atoms with Crippen molar-refractivity contribution in [3.05, 3.63) is 34.3 Å². The number of hydrogen-bond donors (Lipinski definition) is 1. The Hall–Kier alpha value is -0.600. The highest BCUT2D eigenvalue weighted by Crippen LogP contribution is 2.23. The third kappa shape index (κ3) is 2.96. The number of likely N-dealkylation sites (N-methyl/N-ethyl adjacent to an activating group) is 1. The van der Waals surface area contributed by atoms with Crippen molar-refractivity contribution < 1.29 is 4.39 Å². The van der Waals surface area contributed by atoms with Crippen LogP contribution in [0.4, 0.5) is 4.39 Å². The van der Waals surface area contributed by atoms with E-state index < -0.39 is 6.17 Å². The van der Waals surface area contributed by atoms with Crippen LogP contribution in [0.3, 0.4) is 0 Å². The molecule has 0 heterocycles. The molecule has 0 aliphatic carbocycles. The summed E-state index contributed by atoms with van der Waals surface area (Å²) < 4.78 is 12.9. The lowest BCUT2D eigenvalue weighted by Gasteiger charge is -2.07. The van der Waals surface area contributed by atoms with Gasteiger partial charge in [0.25, 0.3) is 0 Å². The Kier molecular flexibility index (Phi) is 4.36. The zero-order chi connectivity index (χ0) is 10.6. The first-order chi connectivity index (χ1) is 6.65. The SMILES string of the molecule is CNCCc1ccc(C(C)F)cc1Cl. The van der Waals surface area contributed by atoms with E-state index in [1.165, 1.54) is 6.92 Å². The number of rotatable bonds is 4. The lowest BCUT2D eigenvalue weighted by atomic mass is 10.1. The van der Waals surface area contributed by atoms with Gasteiger partial charge in [-0.05, 0) is 44.1 Å². The Bertz CT molecular complexity index is 299. The van der Waals surface area contributed by atoms with E-state index in [2.05, 4.69) is 5.32 Å². The van der Waals surface area contributed by atoms with Crippen LogP contribution in [-0.4, -0.2) is 13.6 Å². The Labute approximate surface area is 89.3 Å². The molecule has 1 aromatic rings. The third-order valence-corrected chi connectivity index (χ3v) is 2.53. The van der Waals surface area contributed by atoms with Gasteiger partial charge in [0.15, 0.2) is 0 Å². The number of benzene rings is 1. The van der Waals surface area contributed by atoms with E-state index in [-0.39, 0.29) is 0 Å². The summed E-state index contributed by atoms with van der Waals surface area (Å²) in [6, 6.07) is 5.39. The van der Waals surface area contributed by atoms with Gasteiger partial charge in [-0.2, -0.15) is 0 Å². The minimum atomic E-state index is -0.953. The molecular weight excluding hydrogens is 201 g/mol. The Morgan fingerprint density at radius 3 is 2.71 bits per heavy atom. The van der Waals surface area contributed by atoms with Crippen LogP contribution in [-0.2, 0) is 6.42 Å². The topological polar surface area (TPSA) is 12.0 Å². The van der Waals surface area contributed by atoms with E-state index >= 15 is 0 Å². The van der Waals surface area contributed by atoms with Gasteiger partial charge in [-0.15, -0.1) is 0 Å². The van der Waals surface area contributed by atoms with Crippen LogP contribution in [0.5, 0.6) is 0 Å². The molecule has 0 aromatic heterocycles. The lowest BCUT2D eigenvalue weighted by Crippen LogP contribution is -2.10. The molecule has 0 saturated carbocycles. The zero-order valence-corrected chi connectivity index (χ0v) is 9.24. The largest absolute Gasteiger partial charge is 0.319 e. The fraction of sp³-hybridized carbons (Fsp3) is 0.455. The van der Waals surface area contributed by atoms with Crippen LogP contribution in [0.2, 0.25) is 5.02 Å². The first-order valence-electron chi connectivity index (χ1n) is 4.72. The molecule has 1 unspecified atom stereocenters. The van der Waals surface area contributed by atoms with E-state index in [9.17, 15) is 4.39 Å². The second-order valence-corrected chi connectivity index (χ2v) is 3.73. The van der Waals surface area contributed by atoms with Crippen molar-refractivity contribution in [1.82, 2.24) is 5.32 Å². The van der Waals surface area contributed by atoms with E-state index in [4.69, 9.17) is 11.6 Å². The average Bonchev–Trinajstić information content (AvgIpc) is 2.15. The van der Waals surface area contributed by atoms with Gasteiger partial charge in [-0.3, -0.25) is 0 Å². The van der Waals surface area contributed by atoms with Crippen LogP contribution < -0.4 is 5.32 Å². The van der Waals surface area contributed by atoms with Gasteiger partial charge in [0.1, 0.15) is 6.17 Å². The van der Waals surface area contributed by atoms with Crippen LogP contribution in [0.15, 0.2) is 18.2 Å². The Balaban J connectivity index is 2.79. The summed E-state index contributed by atoms with van der Waals surface area (Å²) in [4.78, 5) is 0. The van der Waals surface area contributed by atoms with E-state index in [0.29, 0.717) is 10.6 Å². The molecule has 0 saturated heterocycles. The van der Waals surface area contributed by atoms with Gasteiger partial charge in [0.2, 0.25) is 0 Å². The highest BCUT2D eigenvalue weighted by Gasteiger charge is 2.06. The average molecular weight is 216 g/mol.